The van der Waals surface area contributed by atoms with Gasteiger partial charge in [-0.25, -0.2) is 0 Å². The summed E-state index contributed by atoms with van der Waals surface area (Å²) in [5.74, 6) is -3.15. The molecule has 0 aliphatic rings. The van der Waals surface area contributed by atoms with E-state index in [0.717, 1.165) is 7.11 Å². The average Bonchev–Trinajstić information content (AvgIpc) is 2.71. The molecule has 0 aliphatic heterocycles. The van der Waals surface area contributed by atoms with Gasteiger partial charge in [0.05, 0.1) is 25.1 Å². The Balaban J connectivity index is 2.48. The molecule has 2 aromatic carbocycles. The molecule has 2 rings (SSSR count). The van der Waals surface area contributed by atoms with Crippen LogP contribution < -0.4 is 4.74 Å². The number of methoxy groups -OCH3 is 2. The molecule has 124 valence electrons. The fourth-order valence-corrected chi connectivity index (χ4v) is 1.92. The minimum absolute atomic E-state index is 0.0609. The highest BCUT2D eigenvalue weighted by Gasteiger charge is 2.17. The van der Waals surface area contributed by atoms with Crippen LogP contribution >= 0.6 is 0 Å². The lowest BCUT2D eigenvalue weighted by molar-refractivity contribution is -0.145. The molecule has 0 saturated carbocycles. The van der Waals surface area contributed by atoms with Gasteiger partial charge in [0, 0.05) is 23.3 Å². The van der Waals surface area contributed by atoms with Gasteiger partial charge in [-0.2, -0.15) is 0 Å². The summed E-state index contributed by atoms with van der Waals surface area (Å²) in [5.41, 5.74) is -0.0609. The molecule has 0 fully saturated rings. The summed E-state index contributed by atoms with van der Waals surface area (Å²) in [6, 6.07) is 9.17. The van der Waals surface area contributed by atoms with Crippen LogP contribution in [0.2, 0.25) is 0 Å². The van der Waals surface area contributed by atoms with E-state index in [0.29, 0.717) is 16.5 Å². The number of fused-ring (bicyclic) bond motifs is 1. The van der Waals surface area contributed by atoms with Crippen LogP contribution in [0.25, 0.3) is 10.8 Å². The number of benzene rings is 2. The van der Waals surface area contributed by atoms with E-state index >= 15 is 0 Å². The van der Waals surface area contributed by atoms with Crippen LogP contribution in [-0.4, -0.2) is 33.3 Å². The first kappa shape index (κ1) is 7.67. The molecular weight excluding hydrogens is 292 g/mol. The third kappa shape index (κ3) is 4.70. The van der Waals surface area contributed by atoms with Gasteiger partial charge in [0.2, 0.25) is 0 Å². The minimum Gasteiger partial charge on any atom is -0.497 e. The number of hydrogen-bond donors (Lipinski definition) is 0. The standard InChI is InChI=1S/C19H24O4/c1-14(19(20)23-11-5-4-10-21-2)15-6-7-17-13-18(22-3)9-8-16(17)12-15/h6-9,12-14H,4-5,10-11H2,1-3H3/t14-/m0/s1/i1D3,4D2,5D2,10D2,11D2. The molecule has 23 heavy (non-hydrogen) atoms. The maximum Gasteiger partial charge on any atom is 0.313 e. The van der Waals surface area contributed by atoms with Crippen LogP contribution in [0.5, 0.6) is 5.75 Å². The predicted molar refractivity (Wildman–Crippen MR) is 91.0 cm³/mol. The van der Waals surface area contributed by atoms with Crippen molar-refractivity contribution in [3.63, 3.8) is 0 Å². The van der Waals surface area contributed by atoms with Gasteiger partial charge in [-0.3, -0.25) is 4.79 Å². The van der Waals surface area contributed by atoms with E-state index in [1.54, 1.807) is 18.2 Å². The molecule has 4 nitrogen and oxygen atoms in total. The van der Waals surface area contributed by atoms with Crippen molar-refractivity contribution < 1.29 is 34.1 Å². The van der Waals surface area contributed by atoms with E-state index in [9.17, 15) is 4.79 Å². The molecule has 0 unspecified atom stereocenters. The molecule has 0 heterocycles. The molecule has 0 aliphatic carbocycles. The number of ether oxygens (including phenoxy) is 3. The Labute approximate surface area is 152 Å². The Kier molecular flexibility index (Phi) is 2.84. The Bertz CT molecular complexity index is 1050. The number of carbonyl (C=O) groups is 1. The topological polar surface area (TPSA) is 44.8 Å². The monoisotopic (exact) mass is 327 g/mol. The van der Waals surface area contributed by atoms with Crippen molar-refractivity contribution in [3.8, 4) is 5.75 Å². The lowest BCUT2D eigenvalue weighted by Gasteiger charge is -2.13. The summed E-state index contributed by atoms with van der Waals surface area (Å²) >= 11 is 0. The van der Waals surface area contributed by atoms with Crippen LogP contribution in [0.1, 0.15) is 46.2 Å². The van der Waals surface area contributed by atoms with Gasteiger partial charge in [0.15, 0.2) is 0 Å². The van der Waals surface area contributed by atoms with Crippen LogP contribution in [0.15, 0.2) is 36.4 Å². The fraction of sp³-hybridized carbons (Fsp3) is 0.421. The summed E-state index contributed by atoms with van der Waals surface area (Å²) < 4.78 is 99.7. The van der Waals surface area contributed by atoms with Crippen molar-refractivity contribution in [1.29, 1.82) is 0 Å². The largest absolute Gasteiger partial charge is 0.497 e. The van der Waals surface area contributed by atoms with Crippen molar-refractivity contribution in [2.75, 3.05) is 27.3 Å². The third-order valence-electron chi connectivity index (χ3n) is 3.06. The van der Waals surface area contributed by atoms with Gasteiger partial charge in [-0.05, 0) is 48.1 Å². The summed E-state index contributed by atoms with van der Waals surface area (Å²) in [6.07, 6.45) is -7.43. The highest BCUT2D eigenvalue weighted by atomic mass is 16.5. The molecule has 0 bridgehead atoms. The quantitative estimate of drug-likeness (QED) is 0.689. The molecule has 0 amide bonds. The first-order chi connectivity index (χ1) is 15.3. The fourth-order valence-electron chi connectivity index (χ4n) is 1.92. The number of rotatable bonds is 8. The summed E-state index contributed by atoms with van der Waals surface area (Å²) in [5, 5.41) is 1.21. The minimum atomic E-state index is -3.78. The average molecular weight is 327 g/mol. The van der Waals surface area contributed by atoms with Gasteiger partial charge in [0.1, 0.15) is 5.75 Å². The molecular formula is C19H24O4. The molecule has 1 atom stereocenters. The lowest BCUT2D eigenvalue weighted by atomic mass is 9.98. The number of carbonyl (C=O) groups excluding carboxylic acids is 1. The number of esters is 1. The first-order valence-electron chi connectivity index (χ1n) is 12.2. The zero-order valence-electron chi connectivity index (χ0n) is 23.7. The van der Waals surface area contributed by atoms with Crippen LogP contribution in [-0.2, 0) is 14.3 Å². The smallest absolute Gasteiger partial charge is 0.313 e. The molecule has 0 radical (unpaired) electrons. The van der Waals surface area contributed by atoms with E-state index in [4.69, 9.17) is 19.8 Å². The molecule has 2 aromatic rings. The zero-order valence-corrected chi connectivity index (χ0v) is 12.7. The Hall–Kier alpha value is -2.07. The SMILES string of the molecule is [2H]C([2H])([2H])[C@H](C(=O)OC([2H])([2H])C([2H])([2H])C([2H])([2H])C([2H])([2H])OC)c1ccc2cc(OC)ccc2c1. The second-order valence-electron chi connectivity index (χ2n) is 4.48. The number of hydrogen-bond acceptors (Lipinski definition) is 4. The molecule has 0 N–H and O–H groups in total. The Morgan fingerprint density at radius 3 is 2.61 bits per heavy atom. The van der Waals surface area contributed by atoms with E-state index in [1.807, 2.05) is 0 Å². The van der Waals surface area contributed by atoms with E-state index in [2.05, 4.69) is 9.47 Å². The van der Waals surface area contributed by atoms with Crippen molar-refractivity contribution in [2.24, 2.45) is 0 Å². The zero-order chi connectivity index (χ0) is 26.3. The Morgan fingerprint density at radius 2 is 1.87 bits per heavy atom. The first-order valence-corrected chi connectivity index (χ1v) is 6.68. The second-order valence-corrected chi connectivity index (χ2v) is 4.48. The van der Waals surface area contributed by atoms with Crippen molar-refractivity contribution in [2.45, 2.75) is 25.5 Å². The third-order valence-corrected chi connectivity index (χ3v) is 3.06. The summed E-state index contributed by atoms with van der Waals surface area (Å²) in [7, 11) is 2.23. The second kappa shape index (κ2) is 8.53. The predicted octanol–water partition coefficient (Wildman–Crippen LogP) is 3.92. The maximum absolute atomic E-state index is 12.9. The maximum atomic E-state index is 12.9. The van der Waals surface area contributed by atoms with Crippen LogP contribution in [0.3, 0.4) is 0 Å². The van der Waals surface area contributed by atoms with Crippen LogP contribution in [0, 0.1) is 0 Å². The Morgan fingerprint density at radius 1 is 1.13 bits per heavy atom. The van der Waals surface area contributed by atoms with Gasteiger partial charge in [-0.15, -0.1) is 0 Å². The lowest BCUT2D eigenvalue weighted by Crippen LogP contribution is -2.14. The van der Waals surface area contributed by atoms with Gasteiger partial charge in [-0.1, -0.05) is 24.3 Å². The normalized spacial score (nSPS) is 22.3. The highest BCUT2D eigenvalue weighted by molar-refractivity contribution is 5.86. The van der Waals surface area contributed by atoms with Gasteiger partial charge in [0.25, 0.3) is 0 Å². The molecule has 0 spiro atoms. The molecule has 4 heteroatoms. The molecule has 0 aromatic heterocycles. The molecule has 0 saturated heterocycles. The van der Waals surface area contributed by atoms with Crippen LogP contribution in [0.4, 0.5) is 0 Å². The van der Waals surface area contributed by atoms with Gasteiger partial charge < -0.3 is 14.2 Å². The van der Waals surface area contributed by atoms with Gasteiger partial charge >= 0.3 is 5.97 Å². The van der Waals surface area contributed by atoms with E-state index in [1.165, 1.54) is 25.3 Å². The van der Waals surface area contributed by atoms with Crippen molar-refractivity contribution >= 4 is 16.7 Å². The van der Waals surface area contributed by atoms with Crippen molar-refractivity contribution in [3.05, 3.63) is 42.0 Å². The highest BCUT2D eigenvalue weighted by Crippen LogP contribution is 2.25. The van der Waals surface area contributed by atoms with E-state index < -0.39 is 44.6 Å². The summed E-state index contributed by atoms with van der Waals surface area (Å²) in [4.78, 5) is 12.9. The summed E-state index contributed by atoms with van der Waals surface area (Å²) in [6.45, 7) is -10.1. The van der Waals surface area contributed by atoms with Crippen molar-refractivity contribution in [1.82, 2.24) is 0 Å². The van der Waals surface area contributed by atoms with E-state index in [-0.39, 0.29) is 5.56 Å².